The summed E-state index contributed by atoms with van der Waals surface area (Å²) in [6.07, 6.45) is -5.00. The van der Waals surface area contributed by atoms with Crippen LogP contribution < -0.4 is 0 Å². The van der Waals surface area contributed by atoms with Crippen LogP contribution in [0.1, 0.15) is 47.2 Å². The molecule has 1 aromatic rings. The maximum Gasteiger partial charge on any atom is 0.416 e. The molecule has 1 nitrogen and oxygen atoms in total. The van der Waals surface area contributed by atoms with E-state index in [2.05, 4.69) is 0 Å². The molecule has 0 radical (unpaired) electrons. The molecule has 21 heavy (non-hydrogen) atoms. The molecular formula is C15H15F5O. The Hall–Kier alpha value is -1.46. The zero-order chi connectivity index (χ0) is 15.8. The highest BCUT2D eigenvalue weighted by Gasteiger charge is 2.38. The maximum absolute atomic E-state index is 13.1. The lowest BCUT2D eigenvalue weighted by atomic mass is 9.81. The second-order valence-electron chi connectivity index (χ2n) is 5.52. The summed E-state index contributed by atoms with van der Waals surface area (Å²) < 4.78 is 63.9. The van der Waals surface area contributed by atoms with Crippen molar-refractivity contribution in [2.75, 3.05) is 0 Å². The SMILES string of the molecule is Cc1cc(C(F)(F)F)ccc1C(=O)C1CCC(F)(F)CC1. The van der Waals surface area contributed by atoms with Gasteiger partial charge in [-0.25, -0.2) is 8.78 Å². The van der Waals surface area contributed by atoms with E-state index in [-0.39, 0.29) is 42.6 Å². The standard InChI is InChI=1S/C15H15F5O/c1-9-8-11(15(18,19)20)2-3-12(9)13(21)10-4-6-14(16,17)7-5-10/h2-3,8,10H,4-7H2,1H3. The minimum atomic E-state index is -4.46. The normalized spacial score (nSPS) is 19.5. The van der Waals surface area contributed by atoms with Crippen molar-refractivity contribution in [3.63, 3.8) is 0 Å². The molecule has 0 unspecified atom stereocenters. The molecule has 0 aliphatic heterocycles. The first-order chi connectivity index (χ1) is 9.60. The molecule has 0 spiro atoms. The number of hydrogen-bond acceptors (Lipinski definition) is 1. The van der Waals surface area contributed by atoms with Crippen LogP contribution in [0.3, 0.4) is 0 Å². The third-order valence-electron chi connectivity index (χ3n) is 3.91. The fourth-order valence-corrected chi connectivity index (χ4v) is 2.64. The minimum Gasteiger partial charge on any atom is -0.294 e. The molecule has 0 bridgehead atoms. The Morgan fingerprint density at radius 3 is 2.24 bits per heavy atom. The van der Waals surface area contributed by atoms with Gasteiger partial charge in [0.15, 0.2) is 5.78 Å². The number of alkyl halides is 5. The Morgan fingerprint density at radius 1 is 1.19 bits per heavy atom. The van der Waals surface area contributed by atoms with Gasteiger partial charge in [-0.3, -0.25) is 4.79 Å². The molecule has 6 heteroatoms. The molecule has 0 atom stereocenters. The molecule has 0 aromatic heterocycles. The first-order valence-electron chi connectivity index (χ1n) is 6.70. The lowest BCUT2D eigenvalue weighted by Crippen LogP contribution is -2.29. The third kappa shape index (κ3) is 3.60. The molecule has 1 aliphatic rings. The summed E-state index contributed by atoms with van der Waals surface area (Å²) in [4.78, 5) is 12.3. The number of rotatable bonds is 2. The second kappa shape index (κ2) is 5.39. The summed E-state index contributed by atoms with van der Waals surface area (Å²) in [7, 11) is 0. The van der Waals surface area contributed by atoms with Gasteiger partial charge in [-0.1, -0.05) is 6.07 Å². The molecule has 0 saturated heterocycles. The lowest BCUT2D eigenvalue weighted by Gasteiger charge is -2.27. The van der Waals surface area contributed by atoms with Crippen LogP contribution in [-0.2, 0) is 6.18 Å². The number of ketones is 1. The van der Waals surface area contributed by atoms with Gasteiger partial charge < -0.3 is 0 Å². The van der Waals surface area contributed by atoms with Crippen LogP contribution in [0.2, 0.25) is 0 Å². The van der Waals surface area contributed by atoms with E-state index in [4.69, 9.17) is 0 Å². The van der Waals surface area contributed by atoms with Gasteiger partial charge in [0.25, 0.3) is 0 Å². The van der Waals surface area contributed by atoms with Crippen molar-refractivity contribution in [2.24, 2.45) is 5.92 Å². The molecule has 0 amide bonds. The molecular weight excluding hydrogens is 291 g/mol. The number of aryl methyl sites for hydroxylation is 1. The number of benzene rings is 1. The van der Waals surface area contributed by atoms with Crippen molar-refractivity contribution < 1.29 is 26.7 Å². The topological polar surface area (TPSA) is 17.1 Å². The minimum absolute atomic E-state index is 0.0757. The largest absolute Gasteiger partial charge is 0.416 e. The Bertz CT molecular complexity index is 537. The van der Waals surface area contributed by atoms with Crippen molar-refractivity contribution in [2.45, 2.75) is 44.7 Å². The third-order valence-corrected chi connectivity index (χ3v) is 3.91. The molecule has 1 saturated carbocycles. The van der Waals surface area contributed by atoms with Gasteiger partial charge in [-0.05, 0) is 37.5 Å². The number of Topliss-reactive ketones (excluding diaryl/α,β-unsaturated/α-hetero) is 1. The fraction of sp³-hybridized carbons (Fsp3) is 0.533. The van der Waals surface area contributed by atoms with E-state index in [1.807, 2.05) is 0 Å². The lowest BCUT2D eigenvalue weighted by molar-refractivity contribution is -0.137. The van der Waals surface area contributed by atoms with Crippen molar-refractivity contribution in [1.82, 2.24) is 0 Å². The summed E-state index contributed by atoms with van der Waals surface area (Å²) in [6.45, 7) is 1.43. The van der Waals surface area contributed by atoms with Crippen molar-refractivity contribution >= 4 is 5.78 Å². The Balaban J connectivity index is 2.17. The number of carbonyl (C=O) groups excluding carboxylic acids is 1. The molecule has 2 rings (SSSR count). The molecule has 1 aromatic carbocycles. The maximum atomic E-state index is 13.1. The van der Waals surface area contributed by atoms with Crippen LogP contribution in [0.5, 0.6) is 0 Å². The van der Waals surface area contributed by atoms with Crippen molar-refractivity contribution in [3.8, 4) is 0 Å². The van der Waals surface area contributed by atoms with E-state index in [1.54, 1.807) is 0 Å². The van der Waals surface area contributed by atoms with E-state index in [9.17, 15) is 26.7 Å². The van der Waals surface area contributed by atoms with Crippen molar-refractivity contribution in [3.05, 3.63) is 34.9 Å². The Kier molecular flexibility index (Phi) is 4.08. The smallest absolute Gasteiger partial charge is 0.294 e. The number of hydrogen-bond donors (Lipinski definition) is 0. The zero-order valence-electron chi connectivity index (χ0n) is 11.4. The summed E-state index contributed by atoms with van der Waals surface area (Å²) >= 11 is 0. The van der Waals surface area contributed by atoms with Crippen LogP contribution in [0, 0.1) is 12.8 Å². The number of halogens is 5. The van der Waals surface area contributed by atoms with E-state index in [0.717, 1.165) is 18.2 Å². The average Bonchev–Trinajstić information content (AvgIpc) is 2.36. The van der Waals surface area contributed by atoms with Crippen LogP contribution in [0.15, 0.2) is 18.2 Å². The highest BCUT2D eigenvalue weighted by atomic mass is 19.4. The average molecular weight is 306 g/mol. The zero-order valence-corrected chi connectivity index (χ0v) is 11.4. The predicted molar refractivity (Wildman–Crippen MR) is 67.4 cm³/mol. The molecule has 0 heterocycles. The van der Waals surface area contributed by atoms with Gasteiger partial charge in [-0.2, -0.15) is 13.2 Å². The van der Waals surface area contributed by atoms with Gasteiger partial charge in [0, 0.05) is 24.3 Å². The highest BCUT2D eigenvalue weighted by Crippen LogP contribution is 2.38. The fourth-order valence-electron chi connectivity index (χ4n) is 2.64. The summed E-state index contributed by atoms with van der Waals surface area (Å²) in [5, 5.41) is 0. The summed E-state index contributed by atoms with van der Waals surface area (Å²) in [5.41, 5.74) is -0.392. The quantitative estimate of drug-likeness (QED) is 0.554. The van der Waals surface area contributed by atoms with Gasteiger partial charge in [-0.15, -0.1) is 0 Å². The molecule has 116 valence electrons. The van der Waals surface area contributed by atoms with E-state index >= 15 is 0 Å². The second-order valence-corrected chi connectivity index (χ2v) is 5.52. The first kappa shape index (κ1) is 15.9. The first-order valence-corrected chi connectivity index (χ1v) is 6.70. The van der Waals surface area contributed by atoms with Crippen LogP contribution in [0.25, 0.3) is 0 Å². The van der Waals surface area contributed by atoms with Gasteiger partial charge in [0.2, 0.25) is 5.92 Å². The van der Waals surface area contributed by atoms with E-state index < -0.39 is 23.6 Å². The van der Waals surface area contributed by atoms with Gasteiger partial charge >= 0.3 is 6.18 Å². The van der Waals surface area contributed by atoms with E-state index in [1.165, 1.54) is 6.92 Å². The Morgan fingerprint density at radius 2 is 1.76 bits per heavy atom. The highest BCUT2D eigenvalue weighted by molar-refractivity contribution is 5.99. The van der Waals surface area contributed by atoms with Crippen LogP contribution in [-0.4, -0.2) is 11.7 Å². The summed E-state index contributed by atoms with van der Waals surface area (Å²) in [6, 6.07) is 2.93. The molecule has 1 aliphatic carbocycles. The predicted octanol–water partition coefficient (Wildman–Crippen LogP) is 5.02. The van der Waals surface area contributed by atoms with Gasteiger partial charge in [0.05, 0.1) is 5.56 Å². The van der Waals surface area contributed by atoms with E-state index in [0.29, 0.717) is 0 Å². The van der Waals surface area contributed by atoms with Crippen molar-refractivity contribution in [1.29, 1.82) is 0 Å². The summed E-state index contributed by atoms with van der Waals surface area (Å²) in [5.74, 6) is -3.59. The van der Waals surface area contributed by atoms with Gasteiger partial charge in [0.1, 0.15) is 0 Å². The molecule has 1 fully saturated rings. The van der Waals surface area contributed by atoms with Crippen LogP contribution >= 0.6 is 0 Å². The monoisotopic (exact) mass is 306 g/mol. The Labute approximate surface area is 119 Å². The number of carbonyl (C=O) groups is 1. The van der Waals surface area contributed by atoms with Crippen LogP contribution in [0.4, 0.5) is 22.0 Å². The molecule has 0 N–H and O–H groups in total.